The lowest BCUT2D eigenvalue weighted by atomic mass is 10.2. The molecule has 0 aromatic carbocycles. The molecule has 0 aromatic rings. The van der Waals surface area contributed by atoms with Crippen LogP contribution in [-0.4, -0.2) is 13.0 Å². The minimum Gasteiger partial charge on any atom is -0.348 e. The molecule has 0 amide bonds. The van der Waals surface area contributed by atoms with Gasteiger partial charge in [0, 0.05) is 6.42 Å². The fraction of sp³-hybridized carbons (Fsp3) is 0.800. The summed E-state index contributed by atoms with van der Waals surface area (Å²) in [6.07, 6.45) is 2.27. The molecule has 1 rings (SSSR count). The van der Waals surface area contributed by atoms with E-state index in [0.717, 1.165) is 6.42 Å². The molecule has 1 radical (unpaired) electrons. The van der Waals surface area contributed by atoms with Gasteiger partial charge in [-0.1, -0.05) is 0 Å². The van der Waals surface area contributed by atoms with E-state index in [0.29, 0.717) is 13.0 Å². The first kappa shape index (κ1) is 5.04. The lowest BCUT2D eigenvalue weighted by Crippen LogP contribution is -2.13. The van der Waals surface area contributed by atoms with Crippen LogP contribution >= 0.6 is 0 Å². The SMILES string of the molecule is FC1C[CH]CCO1. The molecule has 41 valence electrons. The lowest BCUT2D eigenvalue weighted by molar-refractivity contribution is -0.0533. The summed E-state index contributed by atoms with van der Waals surface area (Å²) < 4.78 is 16.5. The number of hydrogen-bond donors (Lipinski definition) is 0. The molecule has 1 aliphatic heterocycles. The van der Waals surface area contributed by atoms with E-state index in [1.54, 1.807) is 0 Å². The van der Waals surface area contributed by atoms with Crippen molar-refractivity contribution in [1.82, 2.24) is 0 Å². The highest BCUT2D eigenvalue weighted by atomic mass is 19.1. The van der Waals surface area contributed by atoms with Crippen molar-refractivity contribution >= 4 is 0 Å². The number of halogens is 1. The Morgan fingerprint density at radius 2 is 2.57 bits per heavy atom. The van der Waals surface area contributed by atoms with Gasteiger partial charge in [-0.25, -0.2) is 4.39 Å². The smallest absolute Gasteiger partial charge is 0.199 e. The van der Waals surface area contributed by atoms with Gasteiger partial charge in [-0.15, -0.1) is 0 Å². The van der Waals surface area contributed by atoms with Crippen molar-refractivity contribution in [2.45, 2.75) is 19.2 Å². The first-order valence-corrected chi connectivity index (χ1v) is 2.47. The predicted molar refractivity (Wildman–Crippen MR) is 24.4 cm³/mol. The maximum absolute atomic E-state index is 11.9. The zero-order valence-electron chi connectivity index (χ0n) is 4.06. The Morgan fingerprint density at radius 3 is 2.86 bits per heavy atom. The van der Waals surface area contributed by atoms with Gasteiger partial charge < -0.3 is 4.74 Å². The Hall–Kier alpha value is -0.110. The number of rotatable bonds is 0. The number of alkyl halides is 1. The van der Waals surface area contributed by atoms with Crippen molar-refractivity contribution in [2.24, 2.45) is 0 Å². The second-order valence-corrected chi connectivity index (χ2v) is 1.59. The molecule has 1 heterocycles. The standard InChI is InChI=1S/C5H8FO/c6-5-3-1-2-4-7-5/h1,5H,2-4H2. The molecule has 2 heteroatoms. The maximum Gasteiger partial charge on any atom is 0.199 e. The average Bonchev–Trinajstić information content (AvgIpc) is 1.69. The highest BCUT2D eigenvalue weighted by molar-refractivity contribution is 4.69. The third-order valence-corrected chi connectivity index (χ3v) is 0.973. The van der Waals surface area contributed by atoms with Gasteiger partial charge in [-0.05, 0) is 12.8 Å². The molecule has 0 bridgehead atoms. The number of ether oxygens (including phenoxy) is 1. The topological polar surface area (TPSA) is 9.23 Å². The summed E-state index contributed by atoms with van der Waals surface area (Å²) in [7, 11) is 0. The first-order chi connectivity index (χ1) is 3.39. The van der Waals surface area contributed by atoms with Gasteiger partial charge in [0.15, 0.2) is 6.36 Å². The van der Waals surface area contributed by atoms with Crippen LogP contribution in [0, 0.1) is 6.42 Å². The molecule has 0 spiro atoms. The van der Waals surface area contributed by atoms with Crippen molar-refractivity contribution < 1.29 is 9.13 Å². The van der Waals surface area contributed by atoms with Crippen molar-refractivity contribution in [3.8, 4) is 0 Å². The Morgan fingerprint density at radius 1 is 1.71 bits per heavy atom. The summed E-state index contributed by atoms with van der Waals surface area (Å²) in [5.41, 5.74) is 0. The van der Waals surface area contributed by atoms with Gasteiger partial charge >= 0.3 is 0 Å². The Labute approximate surface area is 42.5 Å². The molecular formula is C5H8FO. The average molecular weight is 103 g/mol. The van der Waals surface area contributed by atoms with Crippen LogP contribution in [0.5, 0.6) is 0 Å². The predicted octanol–water partition coefficient (Wildman–Crippen LogP) is 1.30. The largest absolute Gasteiger partial charge is 0.348 e. The van der Waals surface area contributed by atoms with E-state index >= 15 is 0 Å². The zero-order valence-corrected chi connectivity index (χ0v) is 4.06. The highest BCUT2D eigenvalue weighted by Gasteiger charge is 2.10. The van der Waals surface area contributed by atoms with Crippen LogP contribution < -0.4 is 0 Å². The fourth-order valence-electron chi connectivity index (χ4n) is 0.596. The highest BCUT2D eigenvalue weighted by Crippen LogP contribution is 2.11. The van der Waals surface area contributed by atoms with Crippen LogP contribution in [0.15, 0.2) is 0 Å². The molecule has 7 heavy (non-hydrogen) atoms. The van der Waals surface area contributed by atoms with E-state index in [1.165, 1.54) is 0 Å². The molecule has 0 aliphatic carbocycles. The summed E-state index contributed by atoms with van der Waals surface area (Å²) in [6.45, 7) is 0.557. The zero-order chi connectivity index (χ0) is 5.11. The van der Waals surface area contributed by atoms with Gasteiger partial charge in [0.25, 0.3) is 0 Å². The Bertz CT molecular complexity index is 50.0. The quantitative estimate of drug-likeness (QED) is 0.449. The second-order valence-electron chi connectivity index (χ2n) is 1.59. The van der Waals surface area contributed by atoms with Gasteiger partial charge in [-0.2, -0.15) is 0 Å². The minimum atomic E-state index is -1.02. The number of hydrogen-bond acceptors (Lipinski definition) is 1. The van der Waals surface area contributed by atoms with E-state index in [-0.39, 0.29) is 0 Å². The third kappa shape index (κ3) is 1.43. The summed E-state index contributed by atoms with van der Waals surface area (Å²) in [4.78, 5) is 0. The molecule has 1 nitrogen and oxygen atoms in total. The van der Waals surface area contributed by atoms with E-state index in [2.05, 4.69) is 4.74 Å². The van der Waals surface area contributed by atoms with E-state index < -0.39 is 6.36 Å². The van der Waals surface area contributed by atoms with Crippen molar-refractivity contribution in [3.05, 3.63) is 6.42 Å². The molecule has 1 unspecified atom stereocenters. The monoisotopic (exact) mass is 103 g/mol. The van der Waals surface area contributed by atoms with Crippen LogP contribution in [0.1, 0.15) is 12.8 Å². The fourth-order valence-corrected chi connectivity index (χ4v) is 0.596. The van der Waals surface area contributed by atoms with E-state index in [4.69, 9.17) is 0 Å². The van der Waals surface area contributed by atoms with Crippen LogP contribution in [0.4, 0.5) is 4.39 Å². The molecule has 1 atom stereocenters. The van der Waals surface area contributed by atoms with Crippen molar-refractivity contribution in [3.63, 3.8) is 0 Å². The molecule has 1 aliphatic rings. The Kier molecular flexibility index (Phi) is 1.63. The van der Waals surface area contributed by atoms with Gasteiger partial charge in [0.1, 0.15) is 0 Å². The van der Waals surface area contributed by atoms with E-state index in [9.17, 15) is 4.39 Å². The second kappa shape index (κ2) is 2.26. The summed E-state index contributed by atoms with van der Waals surface area (Å²) in [5, 5.41) is 0. The summed E-state index contributed by atoms with van der Waals surface area (Å²) >= 11 is 0. The van der Waals surface area contributed by atoms with E-state index in [1.807, 2.05) is 6.42 Å². The molecular weight excluding hydrogens is 95.1 g/mol. The third-order valence-electron chi connectivity index (χ3n) is 0.973. The van der Waals surface area contributed by atoms with Crippen LogP contribution in [0.25, 0.3) is 0 Å². The molecule has 0 saturated carbocycles. The molecule has 0 N–H and O–H groups in total. The molecule has 1 saturated heterocycles. The van der Waals surface area contributed by atoms with Crippen LogP contribution in [0.3, 0.4) is 0 Å². The summed E-state index contributed by atoms with van der Waals surface area (Å²) in [5.74, 6) is 0. The van der Waals surface area contributed by atoms with Gasteiger partial charge in [0.2, 0.25) is 0 Å². The van der Waals surface area contributed by atoms with Gasteiger partial charge in [0.05, 0.1) is 6.61 Å². The van der Waals surface area contributed by atoms with Gasteiger partial charge in [-0.3, -0.25) is 0 Å². The van der Waals surface area contributed by atoms with Crippen molar-refractivity contribution in [2.75, 3.05) is 6.61 Å². The maximum atomic E-state index is 11.9. The van der Waals surface area contributed by atoms with Crippen LogP contribution in [-0.2, 0) is 4.74 Å². The lowest BCUT2D eigenvalue weighted by Gasteiger charge is -2.13. The normalized spacial score (nSPS) is 33.0. The summed E-state index contributed by atoms with van der Waals surface area (Å²) in [6, 6.07) is 0. The Balaban J connectivity index is 2.12. The molecule has 1 fully saturated rings. The first-order valence-electron chi connectivity index (χ1n) is 2.47. The van der Waals surface area contributed by atoms with Crippen molar-refractivity contribution in [1.29, 1.82) is 0 Å². The van der Waals surface area contributed by atoms with Crippen LogP contribution in [0.2, 0.25) is 0 Å². The molecule has 0 aromatic heterocycles. The minimum absolute atomic E-state index is 0.472.